The standard InChI is InChI=1S/C17H22N2O/c1-3-5-13-6-8-14(9-7-13)20-15-10-11-17(19-12-15)16(18)4-2/h6-12,16H,3-5,18H2,1-2H3/t16-/m0/s1. The van der Waals surface area contributed by atoms with Crippen LogP contribution in [0, 0.1) is 0 Å². The largest absolute Gasteiger partial charge is 0.456 e. The third-order valence-electron chi connectivity index (χ3n) is 3.28. The Morgan fingerprint density at radius 2 is 1.75 bits per heavy atom. The van der Waals surface area contributed by atoms with Crippen molar-refractivity contribution < 1.29 is 4.74 Å². The van der Waals surface area contributed by atoms with Gasteiger partial charge in [0.1, 0.15) is 11.5 Å². The predicted molar refractivity (Wildman–Crippen MR) is 82.0 cm³/mol. The highest BCUT2D eigenvalue weighted by molar-refractivity contribution is 5.32. The quantitative estimate of drug-likeness (QED) is 0.854. The van der Waals surface area contributed by atoms with Gasteiger partial charge in [0, 0.05) is 6.04 Å². The highest BCUT2D eigenvalue weighted by Gasteiger charge is 2.05. The number of nitrogens with two attached hydrogens (primary N) is 1. The van der Waals surface area contributed by atoms with E-state index in [1.54, 1.807) is 6.20 Å². The van der Waals surface area contributed by atoms with Crippen LogP contribution in [0.5, 0.6) is 11.5 Å². The van der Waals surface area contributed by atoms with Gasteiger partial charge in [0.15, 0.2) is 0 Å². The van der Waals surface area contributed by atoms with E-state index in [0.29, 0.717) is 0 Å². The average Bonchev–Trinajstić information content (AvgIpc) is 2.49. The van der Waals surface area contributed by atoms with Gasteiger partial charge in [-0.15, -0.1) is 0 Å². The molecule has 3 heteroatoms. The second-order valence-corrected chi connectivity index (χ2v) is 4.93. The third-order valence-corrected chi connectivity index (χ3v) is 3.28. The van der Waals surface area contributed by atoms with Crippen molar-refractivity contribution in [2.45, 2.75) is 39.2 Å². The Morgan fingerprint density at radius 3 is 2.30 bits per heavy atom. The smallest absolute Gasteiger partial charge is 0.145 e. The zero-order chi connectivity index (χ0) is 14.4. The van der Waals surface area contributed by atoms with Crippen LogP contribution >= 0.6 is 0 Å². The van der Waals surface area contributed by atoms with Gasteiger partial charge >= 0.3 is 0 Å². The molecule has 2 rings (SSSR count). The number of hydrogen-bond donors (Lipinski definition) is 1. The lowest BCUT2D eigenvalue weighted by atomic mass is 10.1. The van der Waals surface area contributed by atoms with E-state index in [4.69, 9.17) is 10.5 Å². The van der Waals surface area contributed by atoms with E-state index in [2.05, 4.69) is 31.0 Å². The van der Waals surface area contributed by atoms with Crippen LogP contribution in [0.15, 0.2) is 42.6 Å². The number of ether oxygens (including phenoxy) is 1. The van der Waals surface area contributed by atoms with E-state index in [-0.39, 0.29) is 6.04 Å². The van der Waals surface area contributed by atoms with Crippen LogP contribution < -0.4 is 10.5 Å². The summed E-state index contributed by atoms with van der Waals surface area (Å²) in [5, 5.41) is 0. The van der Waals surface area contributed by atoms with Gasteiger partial charge in [-0.1, -0.05) is 32.4 Å². The van der Waals surface area contributed by atoms with Gasteiger partial charge in [-0.2, -0.15) is 0 Å². The Labute approximate surface area is 120 Å². The van der Waals surface area contributed by atoms with E-state index >= 15 is 0 Å². The van der Waals surface area contributed by atoms with Gasteiger partial charge in [-0.25, -0.2) is 0 Å². The zero-order valence-electron chi connectivity index (χ0n) is 12.2. The number of aromatic nitrogens is 1. The Balaban J connectivity index is 2.02. The first kappa shape index (κ1) is 14.5. The SMILES string of the molecule is CCCc1ccc(Oc2ccc([C@@H](N)CC)nc2)cc1. The summed E-state index contributed by atoms with van der Waals surface area (Å²) in [5.74, 6) is 1.57. The summed E-state index contributed by atoms with van der Waals surface area (Å²) >= 11 is 0. The molecule has 2 N–H and O–H groups in total. The van der Waals surface area contributed by atoms with Crippen molar-refractivity contribution in [2.24, 2.45) is 5.73 Å². The van der Waals surface area contributed by atoms with Crippen molar-refractivity contribution in [3.63, 3.8) is 0 Å². The van der Waals surface area contributed by atoms with Crippen molar-refractivity contribution in [3.8, 4) is 11.5 Å². The molecule has 0 bridgehead atoms. The molecular weight excluding hydrogens is 248 g/mol. The van der Waals surface area contributed by atoms with Crippen molar-refractivity contribution in [1.82, 2.24) is 4.98 Å². The van der Waals surface area contributed by atoms with Gasteiger partial charge in [0.2, 0.25) is 0 Å². The Morgan fingerprint density at radius 1 is 1.05 bits per heavy atom. The average molecular weight is 270 g/mol. The van der Waals surface area contributed by atoms with Crippen LogP contribution in [-0.2, 0) is 6.42 Å². The molecule has 0 fully saturated rings. The monoisotopic (exact) mass is 270 g/mol. The molecule has 106 valence electrons. The number of benzene rings is 1. The molecule has 0 saturated carbocycles. The fraction of sp³-hybridized carbons (Fsp3) is 0.353. The Hall–Kier alpha value is -1.87. The predicted octanol–water partition coefficient (Wildman–Crippen LogP) is 4.24. The topological polar surface area (TPSA) is 48.1 Å². The molecular formula is C17H22N2O. The molecule has 0 radical (unpaired) electrons. The van der Waals surface area contributed by atoms with Gasteiger partial charge in [-0.3, -0.25) is 4.98 Å². The first-order valence-electron chi connectivity index (χ1n) is 7.21. The maximum absolute atomic E-state index is 5.94. The summed E-state index contributed by atoms with van der Waals surface area (Å²) in [6.45, 7) is 4.23. The van der Waals surface area contributed by atoms with Crippen molar-refractivity contribution in [1.29, 1.82) is 0 Å². The molecule has 1 heterocycles. The molecule has 20 heavy (non-hydrogen) atoms. The number of hydrogen-bond acceptors (Lipinski definition) is 3. The molecule has 0 saturated heterocycles. The Bertz CT molecular complexity index is 520. The lowest BCUT2D eigenvalue weighted by Crippen LogP contribution is -2.10. The first-order chi connectivity index (χ1) is 9.72. The molecule has 3 nitrogen and oxygen atoms in total. The highest BCUT2D eigenvalue weighted by Crippen LogP contribution is 2.22. The van der Waals surface area contributed by atoms with Gasteiger partial charge < -0.3 is 10.5 Å². The molecule has 0 unspecified atom stereocenters. The molecule has 0 aliphatic heterocycles. The summed E-state index contributed by atoms with van der Waals surface area (Å²) < 4.78 is 5.78. The van der Waals surface area contributed by atoms with Gasteiger partial charge in [0.05, 0.1) is 11.9 Å². The first-order valence-corrected chi connectivity index (χ1v) is 7.21. The van der Waals surface area contributed by atoms with E-state index in [0.717, 1.165) is 36.5 Å². The molecule has 0 spiro atoms. The molecule has 0 amide bonds. The summed E-state index contributed by atoms with van der Waals surface area (Å²) in [5.41, 5.74) is 8.18. The third kappa shape index (κ3) is 3.81. The normalized spacial score (nSPS) is 12.2. The van der Waals surface area contributed by atoms with E-state index in [1.807, 2.05) is 24.3 Å². The summed E-state index contributed by atoms with van der Waals surface area (Å²) in [6.07, 6.45) is 4.87. The fourth-order valence-electron chi connectivity index (χ4n) is 2.03. The maximum atomic E-state index is 5.94. The van der Waals surface area contributed by atoms with Gasteiger partial charge in [0.25, 0.3) is 0 Å². The minimum atomic E-state index is -0.00243. The van der Waals surface area contributed by atoms with Crippen molar-refractivity contribution in [3.05, 3.63) is 53.9 Å². The molecule has 1 atom stereocenters. The molecule has 1 aromatic heterocycles. The maximum Gasteiger partial charge on any atom is 0.145 e. The molecule has 2 aromatic rings. The number of rotatable bonds is 6. The summed E-state index contributed by atoms with van der Waals surface area (Å²) in [7, 11) is 0. The zero-order valence-corrected chi connectivity index (χ0v) is 12.2. The number of aryl methyl sites for hydroxylation is 1. The lowest BCUT2D eigenvalue weighted by molar-refractivity contribution is 0.478. The van der Waals surface area contributed by atoms with E-state index < -0.39 is 0 Å². The lowest BCUT2D eigenvalue weighted by Gasteiger charge is -2.10. The fourth-order valence-corrected chi connectivity index (χ4v) is 2.03. The molecule has 1 aromatic carbocycles. The van der Waals surface area contributed by atoms with Crippen LogP contribution in [0.4, 0.5) is 0 Å². The highest BCUT2D eigenvalue weighted by atomic mass is 16.5. The van der Waals surface area contributed by atoms with Crippen molar-refractivity contribution in [2.75, 3.05) is 0 Å². The summed E-state index contributed by atoms with van der Waals surface area (Å²) in [6, 6.07) is 12.0. The molecule has 0 aliphatic rings. The number of pyridine rings is 1. The minimum Gasteiger partial charge on any atom is -0.456 e. The van der Waals surface area contributed by atoms with E-state index in [9.17, 15) is 0 Å². The number of nitrogens with zero attached hydrogens (tertiary/aromatic N) is 1. The van der Waals surface area contributed by atoms with Crippen LogP contribution in [0.3, 0.4) is 0 Å². The van der Waals surface area contributed by atoms with Crippen LogP contribution in [0.1, 0.15) is 44.0 Å². The van der Waals surface area contributed by atoms with Crippen LogP contribution in [0.2, 0.25) is 0 Å². The van der Waals surface area contributed by atoms with E-state index in [1.165, 1.54) is 5.56 Å². The molecule has 0 aliphatic carbocycles. The minimum absolute atomic E-state index is 0.00243. The Kier molecular flexibility index (Phi) is 5.13. The van der Waals surface area contributed by atoms with Crippen LogP contribution in [0.25, 0.3) is 0 Å². The second kappa shape index (κ2) is 7.06. The second-order valence-electron chi connectivity index (χ2n) is 4.93. The van der Waals surface area contributed by atoms with Crippen LogP contribution in [-0.4, -0.2) is 4.98 Å². The summed E-state index contributed by atoms with van der Waals surface area (Å²) in [4.78, 5) is 4.34. The van der Waals surface area contributed by atoms with Crippen molar-refractivity contribution >= 4 is 0 Å². The van der Waals surface area contributed by atoms with Gasteiger partial charge in [-0.05, 0) is 42.7 Å².